The van der Waals surface area contributed by atoms with Gasteiger partial charge in [-0.3, -0.25) is 14.3 Å². The standard InChI is InChI=1S/C27H28N6O2S2/c1-17-16-19(18(2)33(17)27-29-13-15-37-27)25-24(21-9-6-7-12-28-21)31-26(36)32(25)14-11-23(34)30-20-8-4-5-10-22(20)35-3/h4-10,12-13,15-16,24-25H,11,14H2,1-3H3,(H,30,34)(H,31,36). The highest BCUT2D eigenvalue weighted by Gasteiger charge is 2.41. The average Bonchev–Trinajstić information content (AvgIpc) is 3.61. The Kier molecular flexibility index (Phi) is 7.20. The van der Waals surface area contributed by atoms with Gasteiger partial charge in [0.2, 0.25) is 5.91 Å². The number of ether oxygens (including phenoxy) is 1. The van der Waals surface area contributed by atoms with E-state index in [0.29, 0.717) is 23.1 Å². The predicted molar refractivity (Wildman–Crippen MR) is 149 cm³/mol. The van der Waals surface area contributed by atoms with Crippen LogP contribution in [0.2, 0.25) is 0 Å². The number of nitrogens with zero attached hydrogens (tertiary/aromatic N) is 4. The Balaban J connectivity index is 1.44. The lowest BCUT2D eigenvalue weighted by atomic mass is 9.96. The van der Waals surface area contributed by atoms with Gasteiger partial charge in [-0.1, -0.05) is 18.2 Å². The fraction of sp³-hybridized carbons (Fsp3) is 0.259. The molecule has 0 radical (unpaired) electrons. The Morgan fingerprint density at radius 2 is 1.97 bits per heavy atom. The van der Waals surface area contributed by atoms with Crippen LogP contribution >= 0.6 is 23.6 Å². The van der Waals surface area contributed by atoms with Gasteiger partial charge in [0, 0.05) is 42.1 Å². The first-order valence-corrected chi connectivity index (χ1v) is 13.3. The number of amides is 1. The van der Waals surface area contributed by atoms with E-state index in [1.807, 2.05) is 54.0 Å². The molecule has 37 heavy (non-hydrogen) atoms. The summed E-state index contributed by atoms with van der Waals surface area (Å²) in [5.41, 5.74) is 4.85. The first kappa shape index (κ1) is 24.9. The van der Waals surface area contributed by atoms with Crippen LogP contribution in [0.4, 0.5) is 5.69 Å². The Morgan fingerprint density at radius 3 is 2.70 bits per heavy atom. The number of nitrogens with one attached hydrogen (secondary N) is 2. The van der Waals surface area contributed by atoms with Crippen molar-refractivity contribution in [1.29, 1.82) is 0 Å². The number of rotatable bonds is 8. The predicted octanol–water partition coefficient (Wildman–Crippen LogP) is 4.96. The summed E-state index contributed by atoms with van der Waals surface area (Å²) in [5.74, 6) is 0.512. The number of hydrogen-bond acceptors (Lipinski definition) is 6. The number of thiazole rings is 1. The van der Waals surface area contributed by atoms with Crippen molar-refractivity contribution < 1.29 is 9.53 Å². The van der Waals surface area contributed by atoms with Crippen LogP contribution < -0.4 is 15.4 Å². The number of thiocarbonyl (C=S) groups is 1. The summed E-state index contributed by atoms with van der Waals surface area (Å²) in [7, 11) is 1.59. The fourth-order valence-electron chi connectivity index (χ4n) is 4.88. The summed E-state index contributed by atoms with van der Waals surface area (Å²) in [6.45, 7) is 4.63. The van der Waals surface area contributed by atoms with Gasteiger partial charge < -0.3 is 20.3 Å². The van der Waals surface area contributed by atoms with Gasteiger partial charge >= 0.3 is 0 Å². The Hall–Kier alpha value is -3.76. The van der Waals surface area contributed by atoms with Crippen molar-refractivity contribution in [3.05, 3.63) is 88.9 Å². The third-order valence-electron chi connectivity index (χ3n) is 6.56. The highest BCUT2D eigenvalue weighted by Crippen LogP contribution is 2.41. The van der Waals surface area contributed by atoms with Crippen LogP contribution in [0.15, 0.2) is 66.3 Å². The van der Waals surface area contributed by atoms with Gasteiger partial charge in [-0.25, -0.2) is 4.98 Å². The average molecular weight is 533 g/mol. The Bertz CT molecular complexity index is 1400. The molecular weight excluding hydrogens is 504 g/mol. The van der Waals surface area contributed by atoms with Crippen molar-refractivity contribution in [2.24, 2.45) is 0 Å². The summed E-state index contributed by atoms with van der Waals surface area (Å²) >= 11 is 7.39. The molecule has 4 heterocycles. The minimum atomic E-state index is -0.156. The van der Waals surface area contributed by atoms with Crippen LogP contribution in [-0.2, 0) is 4.79 Å². The molecule has 1 amide bonds. The maximum Gasteiger partial charge on any atom is 0.226 e. The molecule has 0 aliphatic carbocycles. The molecular formula is C27H28N6O2S2. The number of hydrogen-bond donors (Lipinski definition) is 2. The summed E-state index contributed by atoms with van der Waals surface area (Å²) in [6, 6.07) is 15.2. The summed E-state index contributed by atoms with van der Waals surface area (Å²) in [6.07, 6.45) is 3.87. The van der Waals surface area contributed by atoms with E-state index in [0.717, 1.165) is 27.8 Å². The molecule has 1 aliphatic rings. The van der Waals surface area contributed by atoms with Crippen molar-refractivity contribution in [2.75, 3.05) is 19.0 Å². The second-order valence-electron chi connectivity index (χ2n) is 8.80. The molecule has 2 N–H and O–H groups in total. The number of benzene rings is 1. The zero-order chi connectivity index (χ0) is 25.9. The monoisotopic (exact) mass is 532 g/mol. The number of pyridine rings is 1. The summed E-state index contributed by atoms with van der Waals surface area (Å²) in [5, 5.41) is 9.94. The van der Waals surface area contributed by atoms with Gasteiger partial charge in [0.1, 0.15) is 5.75 Å². The summed E-state index contributed by atoms with van der Waals surface area (Å²) < 4.78 is 7.54. The highest BCUT2D eigenvalue weighted by molar-refractivity contribution is 7.80. The van der Waals surface area contributed by atoms with Gasteiger partial charge in [-0.2, -0.15) is 0 Å². The van der Waals surface area contributed by atoms with Gasteiger partial charge in [-0.05, 0) is 62.0 Å². The van der Waals surface area contributed by atoms with Crippen LogP contribution in [0.5, 0.6) is 5.75 Å². The van der Waals surface area contributed by atoms with Crippen LogP contribution in [0.3, 0.4) is 0 Å². The molecule has 190 valence electrons. The molecule has 2 atom stereocenters. The number of aromatic nitrogens is 3. The molecule has 0 spiro atoms. The number of methoxy groups -OCH3 is 1. The first-order chi connectivity index (χ1) is 18.0. The van der Waals surface area contributed by atoms with E-state index in [-0.39, 0.29) is 24.4 Å². The van der Waals surface area contributed by atoms with E-state index < -0.39 is 0 Å². The molecule has 3 aromatic heterocycles. The van der Waals surface area contributed by atoms with Crippen LogP contribution in [0, 0.1) is 13.8 Å². The zero-order valence-electron chi connectivity index (χ0n) is 20.8. The van der Waals surface area contributed by atoms with Crippen molar-refractivity contribution >= 4 is 40.3 Å². The first-order valence-electron chi connectivity index (χ1n) is 12.0. The Morgan fingerprint density at radius 1 is 1.16 bits per heavy atom. The molecule has 0 saturated carbocycles. The molecule has 4 aromatic rings. The molecule has 8 nitrogen and oxygen atoms in total. The van der Waals surface area contributed by atoms with Crippen molar-refractivity contribution in [1.82, 2.24) is 24.8 Å². The molecule has 5 rings (SSSR count). The van der Waals surface area contributed by atoms with Crippen LogP contribution in [0.25, 0.3) is 5.13 Å². The van der Waals surface area contributed by atoms with Crippen LogP contribution in [-0.4, -0.2) is 44.1 Å². The van der Waals surface area contributed by atoms with Gasteiger partial charge in [0.25, 0.3) is 0 Å². The van der Waals surface area contributed by atoms with Crippen molar-refractivity contribution in [2.45, 2.75) is 32.4 Å². The van der Waals surface area contributed by atoms with E-state index >= 15 is 0 Å². The lowest BCUT2D eigenvalue weighted by molar-refractivity contribution is -0.116. The number of para-hydroxylation sites is 2. The molecule has 0 bridgehead atoms. The molecule has 1 fully saturated rings. The van der Waals surface area contributed by atoms with Crippen molar-refractivity contribution in [3.8, 4) is 10.9 Å². The van der Waals surface area contributed by atoms with E-state index in [2.05, 4.69) is 50.0 Å². The smallest absolute Gasteiger partial charge is 0.226 e. The maximum absolute atomic E-state index is 12.9. The van der Waals surface area contributed by atoms with Crippen LogP contribution in [0.1, 0.15) is 41.1 Å². The minimum Gasteiger partial charge on any atom is -0.495 e. The van der Waals surface area contributed by atoms with Gasteiger partial charge in [0.05, 0.1) is 30.6 Å². The third-order valence-corrected chi connectivity index (χ3v) is 7.67. The number of aryl methyl sites for hydroxylation is 1. The molecule has 1 aromatic carbocycles. The lowest BCUT2D eigenvalue weighted by Crippen LogP contribution is -2.33. The quantitative estimate of drug-likeness (QED) is 0.311. The molecule has 10 heteroatoms. The fourth-order valence-corrected chi connectivity index (χ4v) is 5.96. The molecule has 2 unspecified atom stereocenters. The van der Waals surface area contributed by atoms with E-state index in [1.165, 1.54) is 0 Å². The van der Waals surface area contributed by atoms with E-state index in [9.17, 15) is 4.79 Å². The highest BCUT2D eigenvalue weighted by atomic mass is 32.1. The minimum absolute atomic E-state index is 0.111. The molecule has 1 saturated heterocycles. The lowest BCUT2D eigenvalue weighted by Gasteiger charge is -2.28. The topological polar surface area (TPSA) is 84.3 Å². The van der Waals surface area contributed by atoms with E-state index in [4.69, 9.17) is 17.0 Å². The second kappa shape index (κ2) is 10.7. The third kappa shape index (κ3) is 4.94. The largest absolute Gasteiger partial charge is 0.495 e. The molecule has 1 aliphatic heterocycles. The van der Waals surface area contributed by atoms with Gasteiger partial charge in [-0.15, -0.1) is 11.3 Å². The van der Waals surface area contributed by atoms with Gasteiger partial charge in [0.15, 0.2) is 10.2 Å². The zero-order valence-corrected chi connectivity index (χ0v) is 22.5. The summed E-state index contributed by atoms with van der Waals surface area (Å²) in [4.78, 5) is 24.2. The van der Waals surface area contributed by atoms with Crippen molar-refractivity contribution in [3.63, 3.8) is 0 Å². The normalized spacial score (nSPS) is 17.1. The number of anilines is 1. The van der Waals surface area contributed by atoms with E-state index in [1.54, 1.807) is 24.6 Å². The number of carbonyl (C=O) groups excluding carboxylic acids is 1. The Labute approximate surface area is 225 Å². The maximum atomic E-state index is 12.9. The number of carbonyl (C=O) groups is 1. The SMILES string of the molecule is COc1ccccc1NC(=O)CCN1C(=S)NC(c2ccccn2)C1c1cc(C)n(-c2nccs2)c1C. The second-order valence-corrected chi connectivity index (χ2v) is 10.1.